The van der Waals surface area contributed by atoms with Crippen molar-refractivity contribution < 1.29 is 14.4 Å². The van der Waals surface area contributed by atoms with Crippen molar-refractivity contribution in [3.8, 4) is 0 Å². The molecule has 6 nitrogen and oxygen atoms in total. The van der Waals surface area contributed by atoms with Gasteiger partial charge in [-0.2, -0.15) is 0 Å². The molecule has 0 aliphatic heterocycles. The molecule has 6 heteroatoms. The van der Waals surface area contributed by atoms with E-state index in [1.165, 1.54) is 0 Å². The van der Waals surface area contributed by atoms with Gasteiger partial charge in [-0.05, 0) is 0 Å². The van der Waals surface area contributed by atoms with Crippen molar-refractivity contribution in [1.82, 2.24) is 10.6 Å². The maximum Gasteiger partial charge on any atom is 0.239 e. The number of ketones is 1. The van der Waals surface area contributed by atoms with Gasteiger partial charge in [0.2, 0.25) is 11.8 Å². The molecule has 2 amide bonds. The van der Waals surface area contributed by atoms with Crippen molar-refractivity contribution >= 4 is 17.6 Å². The third kappa shape index (κ3) is 6.62. The molecule has 0 aromatic carbocycles. The van der Waals surface area contributed by atoms with Crippen molar-refractivity contribution in [2.75, 3.05) is 19.6 Å². The number of rotatable bonds is 6. The minimum Gasteiger partial charge on any atom is -0.347 e. The first kappa shape index (κ1) is 13.6. The Labute approximate surface area is 88.6 Å². The molecule has 0 saturated carbocycles. The summed E-state index contributed by atoms with van der Waals surface area (Å²) in [6.07, 6.45) is 0. The first-order valence-corrected chi connectivity index (χ1v) is 4.73. The van der Waals surface area contributed by atoms with Crippen molar-refractivity contribution in [1.29, 1.82) is 0 Å². The minimum atomic E-state index is -0.402. The third-order valence-electron chi connectivity index (χ3n) is 1.74. The molecule has 0 radical (unpaired) electrons. The number of amides is 2. The number of carbonyl (C=O) groups excluding carboxylic acids is 3. The maximum atomic E-state index is 11.1. The molecule has 0 unspecified atom stereocenters. The van der Waals surface area contributed by atoms with Crippen LogP contribution in [0, 0.1) is 5.92 Å². The summed E-state index contributed by atoms with van der Waals surface area (Å²) in [6, 6.07) is 0. The van der Waals surface area contributed by atoms with Crippen LogP contribution in [-0.4, -0.2) is 37.2 Å². The molecule has 0 atom stereocenters. The first-order chi connectivity index (χ1) is 6.97. The zero-order chi connectivity index (χ0) is 11.8. The lowest BCUT2D eigenvalue weighted by molar-refractivity contribution is -0.127. The highest BCUT2D eigenvalue weighted by Gasteiger charge is 2.09. The third-order valence-corrected chi connectivity index (χ3v) is 1.74. The summed E-state index contributed by atoms with van der Waals surface area (Å²) >= 11 is 0. The molecule has 0 aliphatic carbocycles. The second-order valence-electron chi connectivity index (χ2n) is 3.38. The second kappa shape index (κ2) is 6.94. The molecule has 0 aromatic rings. The molecule has 0 heterocycles. The SMILES string of the molecule is CC(C)C(=O)CNC(=O)CNC(=O)CN. The molecule has 4 N–H and O–H groups in total. The molecule has 0 aliphatic rings. The smallest absolute Gasteiger partial charge is 0.239 e. The summed E-state index contributed by atoms with van der Waals surface area (Å²) in [7, 11) is 0. The maximum absolute atomic E-state index is 11.1. The van der Waals surface area contributed by atoms with Crippen molar-refractivity contribution in [2.45, 2.75) is 13.8 Å². The molecule has 0 bridgehead atoms. The van der Waals surface area contributed by atoms with Gasteiger partial charge in [-0.15, -0.1) is 0 Å². The van der Waals surface area contributed by atoms with E-state index in [1.807, 2.05) is 0 Å². The average Bonchev–Trinajstić information content (AvgIpc) is 2.21. The van der Waals surface area contributed by atoms with E-state index in [2.05, 4.69) is 10.6 Å². The summed E-state index contributed by atoms with van der Waals surface area (Å²) in [5.74, 6) is -0.955. The van der Waals surface area contributed by atoms with Crippen LogP contribution in [0.1, 0.15) is 13.8 Å². The Hall–Kier alpha value is -1.43. The van der Waals surface area contributed by atoms with Crippen molar-refractivity contribution in [3.05, 3.63) is 0 Å². The monoisotopic (exact) mass is 215 g/mol. The predicted octanol–water partition coefficient (Wildman–Crippen LogP) is -1.60. The highest BCUT2D eigenvalue weighted by Crippen LogP contribution is 1.91. The van der Waals surface area contributed by atoms with Crippen LogP contribution in [0.5, 0.6) is 0 Å². The van der Waals surface area contributed by atoms with Gasteiger partial charge in [-0.1, -0.05) is 13.8 Å². The lowest BCUT2D eigenvalue weighted by atomic mass is 10.1. The fourth-order valence-corrected chi connectivity index (χ4v) is 0.703. The summed E-state index contributed by atoms with van der Waals surface area (Å²) in [6.45, 7) is 3.20. The quantitative estimate of drug-likeness (QED) is 0.497. The molecule has 0 rings (SSSR count). The van der Waals surface area contributed by atoms with E-state index in [9.17, 15) is 14.4 Å². The molecular formula is C9H17N3O3. The summed E-state index contributed by atoms with van der Waals surface area (Å²) in [4.78, 5) is 32.9. The van der Waals surface area contributed by atoms with Gasteiger partial charge in [0.05, 0.1) is 19.6 Å². The molecule has 0 fully saturated rings. The fraction of sp³-hybridized carbons (Fsp3) is 0.667. The van der Waals surface area contributed by atoms with E-state index >= 15 is 0 Å². The van der Waals surface area contributed by atoms with Crippen LogP contribution >= 0.6 is 0 Å². The van der Waals surface area contributed by atoms with E-state index in [0.717, 1.165) is 0 Å². The topological polar surface area (TPSA) is 101 Å². The minimum absolute atomic E-state index is 0.00496. The summed E-state index contributed by atoms with van der Waals surface area (Å²) < 4.78 is 0. The Kier molecular flexibility index (Phi) is 6.28. The summed E-state index contributed by atoms with van der Waals surface area (Å²) in [5.41, 5.74) is 5.02. The average molecular weight is 215 g/mol. The summed E-state index contributed by atoms with van der Waals surface area (Å²) in [5, 5.41) is 4.70. The van der Waals surface area contributed by atoms with E-state index in [1.54, 1.807) is 13.8 Å². The van der Waals surface area contributed by atoms with Crippen LogP contribution in [0.4, 0.5) is 0 Å². The largest absolute Gasteiger partial charge is 0.347 e. The van der Waals surface area contributed by atoms with Gasteiger partial charge in [-0.3, -0.25) is 14.4 Å². The molecule has 0 spiro atoms. The van der Waals surface area contributed by atoms with E-state index in [4.69, 9.17) is 5.73 Å². The van der Waals surface area contributed by atoms with Gasteiger partial charge < -0.3 is 16.4 Å². The van der Waals surface area contributed by atoms with E-state index in [0.29, 0.717) is 0 Å². The number of Topliss-reactive ketones (excluding diaryl/α,β-unsaturated/α-hetero) is 1. The van der Waals surface area contributed by atoms with Gasteiger partial charge in [-0.25, -0.2) is 0 Å². The van der Waals surface area contributed by atoms with Crippen molar-refractivity contribution in [2.24, 2.45) is 11.7 Å². The predicted molar refractivity (Wildman–Crippen MR) is 54.9 cm³/mol. The molecule has 0 aromatic heterocycles. The number of nitrogens with two attached hydrogens (primary N) is 1. The van der Waals surface area contributed by atoms with Crippen LogP contribution in [0.2, 0.25) is 0 Å². The standard InChI is InChI=1S/C9H17N3O3/c1-6(2)7(13)4-11-9(15)5-12-8(14)3-10/h6H,3-5,10H2,1-2H3,(H,11,15)(H,12,14). The number of nitrogens with one attached hydrogen (secondary N) is 2. The van der Waals surface area contributed by atoms with Crippen LogP contribution in [0.3, 0.4) is 0 Å². The Balaban J connectivity index is 3.67. The lowest BCUT2D eigenvalue weighted by Crippen LogP contribution is -2.41. The van der Waals surface area contributed by atoms with Crippen LogP contribution in [-0.2, 0) is 14.4 Å². The zero-order valence-electron chi connectivity index (χ0n) is 9.00. The molecular weight excluding hydrogens is 198 g/mol. The van der Waals surface area contributed by atoms with Gasteiger partial charge >= 0.3 is 0 Å². The van der Waals surface area contributed by atoms with Crippen LogP contribution in [0.25, 0.3) is 0 Å². The number of hydrogen-bond donors (Lipinski definition) is 3. The normalized spacial score (nSPS) is 9.87. The van der Waals surface area contributed by atoms with Crippen molar-refractivity contribution in [3.63, 3.8) is 0 Å². The van der Waals surface area contributed by atoms with Crippen LogP contribution in [0.15, 0.2) is 0 Å². The molecule has 0 saturated heterocycles. The number of hydrogen-bond acceptors (Lipinski definition) is 4. The highest BCUT2D eigenvalue weighted by atomic mass is 16.2. The second-order valence-corrected chi connectivity index (χ2v) is 3.38. The number of carbonyl (C=O) groups is 3. The molecule has 15 heavy (non-hydrogen) atoms. The fourth-order valence-electron chi connectivity index (χ4n) is 0.703. The Morgan fingerprint density at radius 2 is 1.60 bits per heavy atom. The van der Waals surface area contributed by atoms with Gasteiger partial charge in [0, 0.05) is 5.92 Å². The Morgan fingerprint density at radius 1 is 1.07 bits per heavy atom. The first-order valence-electron chi connectivity index (χ1n) is 4.73. The Bertz CT molecular complexity index is 251. The zero-order valence-corrected chi connectivity index (χ0v) is 9.00. The highest BCUT2D eigenvalue weighted by molar-refractivity contribution is 5.89. The van der Waals surface area contributed by atoms with Crippen LogP contribution < -0.4 is 16.4 Å². The van der Waals surface area contributed by atoms with Gasteiger partial charge in [0.25, 0.3) is 0 Å². The van der Waals surface area contributed by atoms with Gasteiger partial charge in [0.15, 0.2) is 5.78 Å². The molecule has 86 valence electrons. The Morgan fingerprint density at radius 3 is 2.07 bits per heavy atom. The van der Waals surface area contributed by atoms with E-state index in [-0.39, 0.29) is 31.3 Å². The lowest BCUT2D eigenvalue weighted by Gasteiger charge is -2.07. The van der Waals surface area contributed by atoms with Gasteiger partial charge in [0.1, 0.15) is 0 Å². The van der Waals surface area contributed by atoms with E-state index < -0.39 is 11.8 Å².